The van der Waals surface area contributed by atoms with Crippen molar-refractivity contribution in [3.63, 3.8) is 0 Å². The minimum atomic E-state index is -0.297. The van der Waals surface area contributed by atoms with Crippen LogP contribution >= 0.6 is 0 Å². The number of nitrogens with zero attached hydrogens (tertiary/aromatic N) is 2. The summed E-state index contributed by atoms with van der Waals surface area (Å²) in [5.41, 5.74) is 1.84. The first kappa shape index (κ1) is 14.3. The highest BCUT2D eigenvalue weighted by molar-refractivity contribution is 6.00. The van der Waals surface area contributed by atoms with Gasteiger partial charge >= 0.3 is 0 Å². The molecule has 3 rings (SSSR count). The van der Waals surface area contributed by atoms with Gasteiger partial charge in [-0.3, -0.25) is 14.6 Å². The maximum absolute atomic E-state index is 12.2. The summed E-state index contributed by atoms with van der Waals surface area (Å²) >= 11 is 0. The molecule has 1 saturated heterocycles. The smallest absolute Gasteiger partial charge is 0.227 e. The zero-order chi connectivity index (χ0) is 15.4. The topological polar surface area (TPSA) is 62.3 Å². The van der Waals surface area contributed by atoms with Crippen molar-refractivity contribution < 1.29 is 9.59 Å². The Morgan fingerprint density at radius 1 is 1.18 bits per heavy atom. The number of para-hydroxylation sites is 1. The molecule has 0 unspecified atom stereocenters. The normalized spacial score (nSPS) is 17.5. The Morgan fingerprint density at radius 2 is 1.91 bits per heavy atom. The van der Waals surface area contributed by atoms with E-state index in [-0.39, 0.29) is 24.2 Å². The third kappa shape index (κ3) is 3.14. The largest absolute Gasteiger partial charge is 0.352 e. The number of rotatable bonds is 4. The summed E-state index contributed by atoms with van der Waals surface area (Å²) in [4.78, 5) is 30.0. The fourth-order valence-electron chi connectivity index (χ4n) is 2.57. The van der Waals surface area contributed by atoms with Crippen molar-refractivity contribution >= 4 is 17.5 Å². The van der Waals surface area contributed by atoms with Crippen LogP contribution in [0.2, 0.25) is 0 Å². The van der Waals surface area contributed by atoms with Crippen LogP contribution in [0.3, 0.4) is 0 Å². The van der Waals surface area contributed by atoms with Crippen molar-refractivity contribution in [2.45, 2.75) is 13.0 Å². The Labute approximate surface area is 129 Å². The van der Waals surface area contributed by atoms with Crippen molar-refractivity contribution in [3.05, 3.63) is 60.4 Å². The Bertz CT molecular complexity index is 658. The molecule has 0 radical (unpaired) electrons. The van der Waals surface area contributed by atoms with Gasteiger partial charge in [0.05, 0.1) is 5.92 Å². The lowest BCUT2D eigenvalue weighted by Gasteiger charge is -2.16. The monoisotopic (exact) mass is 295 g/mol. The van der Waals surface area contributed by atoms with E-state index < -0.39 is 0 Å². The fraction of sp³-hybridized carbons (Fsp3) is 0.235. The predicted molar refractivity (Wildman–Crippen MR) is 83.0 cm³/mol. The number of hydrogen-bond acceptors (Lipinski definition) is 3. The second-order valence-corrected chi connectivity index (χ2v) is 5.31. The molecule has 1 aliphatic heterocycles. The van der Waals surface area contributed by atoms with Gasteiger partial charge in [0.2, 0.25) is 11.8 Å². The zero-order valence-electron chi connectivity index (χ0n) is 12.1. The molecule has 0 bridgehead atoms. The Balaban J connectivity index is 1.59. The molecule has 1 aromatic heterocycles. The molecule has 1 fully saturated rings. The summed E-state index contributed by atoms with van der Waals surface area (Å²) in [6, 6.07) is 13.2. The van der Waals surface area contributed by atoms with E-state index in [0.29, 0.717) is 13.1 Å². The SMILES string of the molecule is O=C(NCc1ccncc1)[C@@H]1CC(=O)N(c2ccccc2)C1. The van der Waals surface area contributed by atoms with Gasteiger partial charge in [-0.25, -0.2) is 0 Å². The first-order valence-corrected chi connectivity index (χ1v) is 7.26. The highest BCUT2D eigenvalue weighted by atomic mass is 16.2. The van der Waals surface area contributed by atoms with Gasteiger partial charge in [0.15, 0.2) is 0 Å². The van der Waals surface area contributed by atoms with Crippen molar-refractivity contribution in [1.82, 2.24) is 10.3 Å². The van der Waals surface area contributed by atoms with E-state index in [2.05, 4.69) is 10.3 Å². The van der Waals surface area contributed by atoms with E-state index in [4.69, 9.17) is 0 Å². The molecule has 5 nitrogen and oxygen atoms in total. The first-order chi connectivity index (χ1) is 10.7. The van der Waals surface area contributed by atoms with Crippen molar-refractivity contribution in [3.8, 4) is 0 Å². The summed E-state index contributed by atoms with van der Waals surface area (Å²) < 4.78 is 0. The molecule has 2 aromatic rings. The molecule has 5 heteroatoms. The quantitative estimate of drug-likeness (QED) is 0.934. The molecule has 1 N–H and O–H groups in total. The van der Waals surface area contributed by atoms with Crippen LogP contribution in [0.15, 0.2) is 54.9 Å². The third-order valence-corrected chi connectivity index (χ3v) is 3.78. The van der Waals surface area contributed by atoms with Crippen LogP contribution in [-0.4, -0.2) is 23.3 Å². The first-order valence-electron chi connectivity index (χ1n) is 7.26. The van der Waals surface area contributed by atoms with Crippen LogP contribution < -0.4 is 10.2 Å². The van der Waals surface area contributed by atoms with Crippen LogP contribution in [0.5, 0.6) is 0 Å². The summed E-state index contributed by atoms with van der Waals surface area (Å²) in [5, 5.41) is 2.89. The van der Waals surface area contributed by atoms with Crippen LogP contribution in [0.25, 0.3) is 0 Å². The number of aromatic nitrogens is 1. The van der Waals surface area contributed by atoms with Gasteiger partial charge in [0, 0.05) is 37.6 Å². The molecular weight excluding hydrogens is 278 g/mol. The van der Waals surface area contributed by atoms with Gasteiger partial charge in [-0.15, -0.1) is 0 Å². The Kier molecular flexibility index (Phi) is 4.14. The average Bonchev–Trinajstić information content (AvgIpc) is 2.96. The van der Waals surface area contributed by atoms with E-state index >= 15 is 0 Å². The van der Waals surface area contributed by atoms with Crippen LogP contribution in [0, 0.1) is 5.92 Å². The third-order valence-electron chi connectivity index (χ3n) is 3.78. The molecule has 2 amide bonds. The van der Waals surface area contributed by atoms with E-state index in [1.807, 2.05) is 42.5 Å². The van der Waals surface area contributed by atoms with Gasteiger partial charge in [-0.1, -0.05) is 18.2 Å². The number of nitrogens with one attached hydrogen (secondary N) is 1. The summed E-state index contributed by atoms with van der Waals surface area (Å²) in [5.74, 6) is -0.381. The molecule has 1 aromatic carbocycles. The lowest BCUT2D eigenvalue weighted by molar-refractivity contribution is -0.126. The maximum Gasteiger partial charge on any atom is 0.227 e. The summed E-state index contributed by atoms with van der Waals surface area (Å²) in [7, 11) is 0. The van der Waals surface area contributed by atoms with E-state index in [9.17, 15) is 9.59 Å². The molecule has 0 spiro atoms. The number of pyridine rings is 1. The fourth-order valence-corrected chi connectivity index (χ4v) is 2.57. The molecular formula is C17H17N3O2. The average molecular weight is 295 g/mol. The molecule has 0 aliphatic carbocycles. The lowest BCUT2D eigenvalue weighted by atomic mass is 10.1. The Morgan fingerprint density at radius 3 is 2.64 bits per heavy atom. The molecule has 2 heterocycles. The summed E-state index contributed by atoms with van der Waals surface area (Å²) in [6.45, 7) is 0.891. The lowest BCUT2D eigenvalue weighted by Crippen LogP contribution is -2.32. The molecule has 0 saturated carbocycles. The standard InChI is InChI=1S/C17H17N3O2/c21-16-10-14(12-20(16)15-4-2-1-3-5-15)17(22)19-11-13-6-8-18-9-7-13/h1-9,14H,10-12H2,(H,19,22)/t14-/m1/s1. The highest BCUT2D eigenvalue weighted by Gasteiger charge is 2.34. The minimum Gasteiger partial charge on any atom is -0.352 e. The second-order valence-electron chi connectivity index (χ2n) is 5.31. The second kappa shape index (κ2) is 6.39. The minimum absolute atomic E-state index is 0.00439. The highest BCUT2D eigenvalue weighted by Crippen LogP contribution is 2.24. The van der Waals surface area contributed by atoms with Gasteiger partial charge in [-0.05, 0) is 29.8 Å². The number of carbonyl (C=O) groups is 2. The van der Waals surface area contributed by atoms with E-state index in [0.717, 1.165) is 11.3 Å². The number of carbonyl (C=O) groups excluding carboxylic acids is 2. The number of hydrogen-bond donors (Lipinski definition) is 1. The van der Waals surface area contributed by atoms with E-state index in [1.165, 1.54) is 0 Å². The number of anilines is 1. The predicted octanol–water partition coefficient (Wildman–Crippen LogP) is 1.75. The number of amides is 2. The van der Waals surface area contributed by atoms with Crippen LogP contribution in [-0.2, 0) is 16.1 Å². The molecule has 112 valence electrons. The summed E-state index contributed by atoms with van der Waals surface area (Å²) in [6.07, 6.45) is 3.65. The van der Waals surface area contributed by atoms with Crippen LogP contribution in [0.4, 0.5) is 5.69 Å². The maximum atomic E-state index is 12.2. The van der Waals surface area contributed by atoms with E-state index in [1.54, 1.807) is 17.3 Å². The number of benzene rings is 1. The van der Waals surface area contributed by atoms with Gasteiger partial charge < -0.3 is 10.2 Å². The van der Waals surface area contributed by atoms with Gasteiger partial charge in [0.25, 0.3) is 0 Å². The zero-order valence-corrected chi connectivity index (χ0v) is 12.1. The molecule has 1 aliphatic rings. The van der Waals surface area contributed by atoms with Crippen molar-refractivity contribution in [2.75, 3.05) is 11.4 Å². The van der Waals surface area contributed by atoms with Crippen molar-refractivity contribution in [1.29, 1.82) is 0 Å². The Hall–Kier alpha value is -2.69. The molecule has 1 atom stereocenters. The van der Waals surface area contributed by atoms with Gasteiger partial charge in [0.1, 0.15) is 0 Å². The van der Waals surface area contributed by atoms with Crippen molar-refractivity contribution in [2.24, 2.45) is 5.92 Å². The van der Waals surface area contributed by atoms with Gasteiger partial charge in [-0.2, -0.15) is 0 Å². The van der Waals surface area contributed by atoms with Crippen LogP contribution in [0.1, 0.15) is 12.0 Å². The molecule has 22 heavy (non-hydrogen) atoms.